The summed E-state index contributed by atoms with van der Waals surface area (Å²) < 4.78 is 10.5. The Kier molecular flexibility index (Phi) is 5.61. The van der Waals surface area contributed by atoms with Gasteiger partial charge in [-0.3, -0.25) is 4.90 Å². The molecular weight excluding hydrogens is 258 g/mol. The SMILES string of the molecule is CCOC(=O)c1ccc(CN2CCCC2CCCO)o1. The Morgan fingerprint density at radius 1 is 1.55 bits per heavy atom. The number of likely N-dealkylation sites (tertiary alicyclic amines) is 1. The number of carbonyl (C=O) groups excluding carboxylic acids is 1. The molecule has 5 nitrogen and oxygen atoms in total. The summed E-state index contributed by atoms with van der Waals surface area (Å²) in [7, 11) is 0. The van der Waals surface area contributed by atoms with E-state index in [1.807, 2.05) is 6.07 Å². The van der Waals surface area contributed by atoms with E-state index in [9.17, 15) is 4.79 Å². The molecule has 1 unspecified atom stereocenters. The van der Waals surface area contributed by atoms with Crippen LogP contribution in [0.15, 0.2) is 16.5 Å². The van der Waals surface area contributed by atoms with Gasteiger partial charge in [-0.05, 0) is 51.3 Å². The third-order valence-electron chi connectivity index (χ3n) is 3.69. The van der Waals surface area contributed by atoms with Gasteiger partial charge in [-0.1, -0.05) is 0 Å². The van der Waals surface area contributed by atoms with Crippen molar-refractivity contribution in [2.45, 2.75) is 45.2 Å². The van der Waals surface area contributed by atoms with Crippen molar-refractivity contribution in [1.82, 2.24) is 4.90 Å². The first-order chi connectivity index (χ1) is 9.74. The van der Waals surface area contributed by atoms with Crippen molar-refractivity contribution in [1.29, 1.82) is 0 Å². The fourth-order valence-electron chi connectivity index (χ4n) is 2.73. The van der Waals surface area contributed by atoms with Crippen molar-refractivity contribution in [3.05, 3.63) is 23.7 Å². The van der Waals surface area contributed by atoms with Gasteiger partial charge in [0.25, 0.3) is 0 Å². The number of nitrogens with zero attached hydrogens (tertiary/aromatic N) is 1. The lowest BCUT2D eigenvalue weighted by atomic mass is 10.1. The van der Waals surface area contributed by atoms with Crippen molar-refractivity contribution in [3.63, 3.8) is 0 Å². The summed E-state index contributed by atoms with van der Waals surface area (Å²) in [6, 6.07) is 4.03. The molecule has 1 N–H and O–H groups in total. The summed E-state index contributed by atoms with van der Waals surface area (Å²) in [6.07, 6.45) is 4.21. The van der Waals surface area contributed by atoms with Gasteiger partial charge in [0.05, 0.1) is 13.2 Å². The van der Waals surface area contributed by atoms with Crippen LogP contribution >= 0.6 is 0 Å². The van der Waals surface area contributed by atoms with E-state index in [2.05, 4.69) is 4.90 Å². The molecular formula is C15H23NO4. The Bertz CT molecular complexity index is 429. The smallest absolute Gasteiger partial charge is 0.374 e. The molecule has 1 aliphatic heterocycles. The highest BCUT2D eigenvalue weighted by molar-refractivity contribution is 5.86. The van der Waals surface area contributed by atoms with Gasteiger partial charge in [0, 0.05) is 12.6 Å². The predicted molar refractivity (Wildman–Crippen MR) is 74.4 cm³/mol. The van der Waals surface area contributed by atoms with Crippen molar-refractivity contribution in [2.75, 3.05) is 19.8 Å². The van der Waals surface area contributed by atoms with E-state index in [1.54, 1.807) is 13.0 Å². The van der Waals surface area contributed by atoms with Gasteiger partial charge in [-0.25, -0.2) is 4.79 Å². The lowest BCUT2D eigenvalue weighted by molar-refractivity contribution is 0.0486. The molecule has 2 heterocycles. The van der Waals surface area contributed by atoms with Crippen LogP contribution < -0.4 is 0 Å². The van der Waals surface area contributed by atoms with Crippen LogP contribution in [0, 0.1) is 0 Å². The summed E-state index contributed by atoms with van der Waals surface area (Å²) in [5.41, 5.74) is 0. The highest BCUT2D eigenvalue weighted by Gasteiger charge is 2.25. The van der Waals surface area contributed by atoms with Crippen LogP contribution in [0.2, 0.25) is 0 Å². The molecule has 20 heavy (non-hydrogen) atoms. The number of aliphatic hydroxyl groups is 1. The number of rotatable bonds is 7. The van der Waals surface area contributed by atoms with E-state index < -0.39 is 5.97 Å². The monoisotopic (exact) mass is 281 g/mol. The Morgan fingerprint density at radius 3 is 3.15 bits per heavy atom. The highest BCUT2D eigenvalue weighted by atomic mass is 16.5. The van der Waals surface area contributed by atoms with Crippen LogP contribution in [0.5, 0.6) is 0 Å². The standard InChI is InChI=1S/C15H23NO4/c1-2-19-15(18)14-8-7-13(20-14)11-16-9-3-5-12(16)6-4-10-17/h7-8,12,17H,2-6,9-11H2,1H3. The van der Waals surface area contributed by atoms with Crippen molar-refractivity contribution < 1.29 is 19.1 Å². The Morgan fingerprint density at radius 2 is 2.40 bits per heavy atom. The van der Waals surface area contributed by atoms with Crippen molar-refractivity contribution >= 4 is 5.97 Å². The summed E-state index contributed by atoms with van der Waals surface area (Å²) in [5, 5.41) is 8.93. The minimum atomic E-state index is -0.406. The average Bonchev–Trinajstić information content (AvgIpc) is 3.07. The average molecular weight is 281 g/mol. The molecule has 0 spiro atoms. The van der Waals surface area contributed by atoms with Gasteiger partial charge in [0.2, 0.25) is 5.76 Å². The van der Waals surface area contributed by atoms with Crippen LogP contribution in [-0.4, -0.2) is 41.8 Å². The first-order valence-electron chi connectivity index (χ1n) is 7.35. The van der Waals surface area contributed by atoms with E-state index in [4.69, 9.17) is 14.3 Å². The molecule has 1 saturated heterocycles. The predicted octanol–water partition coefficient (Wildman–Crippen LogP) is 2.19. The zero-order chi connectivity index (χ0) is 14.4. The molecule has 1 aliphatic rings. The molecule has 1 aromatic heterocycles. The summed E-state index contributed by atoms with van der Waals surface area (Å²) in [5.74, 6) is 0.661. The minimum absolute atomic E-state index is 0.248. The summed E-state index contributed by atoms with van der Waals surface area (Å²) >= 11 is 0. The maximum Gasteiger partial charge on any atom is 0.374 e. The number of esters is 1. The molecule has 1 atom stereocenters. The molecule has 0 radical (unpaired) electrons. The largest absolute Gasteiger partial charge is 0.460 e. The number of hydrogen-bond acceptors (Lipinski definition) is 5. The second kappa shape index (κ2) is 7.45. The lowest BCUT2D eigenvalue weighted by Gasteiger charge is -2.23. The maximum atomic E-state index is 11.5. The lowest BCUT2D eigenvalue weighted by Crippen LogP contribution is -2.28. The van der Waals surface area contributed by atoms with Gasteiger partial charge in [-0.2, -0.15) is 0 Å². The number of furan rings is 1. The number of ether oxygens (including phenoxy) is 1. The molecule has 0 aromatic carbocycles. The second-order valence-electron chi connectivity index (χ2n) is 5.12. The first-order valence-corrected chi connectivity index (χ1v) is 7.35. The maximum absolute atomic E-state index is 11.5. The molecule has 1 aromatic rings. The molecule has 0 saturated carbocycles. The third kappa shape index (κ3) is 3.84. The molecule has 0 aliphatic carbocycles. The van der Waals surface area contributed by atoms with Gasteiger partial charge >= 0.3 is 5.97 Å². The van der Waals surface area contributed by atoms with E-state index in [-0.39, 0.29) is 12.4 Å². The fourth-order valence-corrected chi connectivity index (χ4v) is 2.73. The topological polar surface area (TPSA) is 62.9 Å². The van der Waals surface area contributed by atoms with Gasteiger partial charge < -0.3 is 14.3 Å². The van der Waals surface area contributed by atoms with E-state index in [1.165, 1.54) is 12.8 Å². The Labute approximate surface area is 119 Å². The summed E-state index contributed by atoms with van der Waals surface area (Å²) in [6.45, 7) is 4.14. The molecule has 5 heteroatoms. The van der Waals surface area contributed by atoms with Crippen LogP contribution in [-0.2, 0) is 11.3 Å². The molecule has 1 fully saturated rings. The van der Waals surface area contributed by atoms with Gasteiger partial charge in [0.1, 0.15) is 5.76 Å². The number of carbonyl (C=O) groups is 1. The first kappa shape index (κ1) is 15.1. The number of hydrogen-bond donors (Lipinski definition) is 1. The molecule has 2 rings (SSSR count). The van der Waals surface area contributed by atoms with Crippen LogP contribution in [0.1, 0.15) is 48.9 Å². The second-order valence-corrected chi connectivity index (χ2v) is 5.12. The van der Waals surface area contributed by atoms with Crippen molar-refractivity contribution in [2.24, 2.45) is 0 Å². The zero-order valence-electron chi connectivity index (χ0n) is 12.0. The zero-order valence-corrected chi connectivity index (χ0v) is 12.0. The van der Waals surface area contributed by atoms with E-state index in [0.717, 1.165) is 31.7 Å². The van der Waals surface area contributed by atoms with Crippen LogP contribution in [0.25, 0.3) is 0 Å². The van der Waals surface area contributed by atoms with Gasteiger partial charge in [-0.15, -0.1) is 0 Å². The van der Waals surface area contributed by atoms with E-state index >= 15 is 0 Å². The minimum Gasteiger partial charge on any atom is -0.460 e. The Hall–Kier alpha value is -1.33. The quantitative estimate of drug-likeness (QED) is 0.776. The Balaban J connectivity index is 1.90. The van der Waals surface area contributed by atoms with Gasteiger partial charge in [0.15, 0.2) is 0 Å². The third-order valence-corrected chi connectivity index (χ3v) is 3.69. The number of aliphatic hydroxyl groups excluding tert-OH is 1. The van der Waals surface area contributed by atoms with Crippen LogP contribution in [0.3, 0.4) is 0 Å². The normalized spacial score (nSPS) is 19.4. The molecule has 0 bridgehead atoms. The summed E-state index contributed by atoms with van der Waals surface area (Å²) in [4.78, 5) is 13.9. The highest BCUT2D eigenvalue weighted by Crippen LogP contribution is 2.24. The molecule has 0 amide bonds. The van der Waals surface area contributed by atoms with Crippen molar-refractivity contribution in [3.8, 4) is 0 Å². The molecule has 112 valence electrons. The fraction of sp³-hybridized carbons (Fsp3) is 0.667. The van der Waals surface area contributed by atoms with Crippen LogP contribution in [0.4, 0.5) is 0 Å². The van der Waals surface area contributed by atoms with E-state index in [0.29, 0.717) is 12.6 Å².